The molecule has 0 nitrogen and oxygen atoms in total. The van der Waals surface area contributed by atoms with Crippen LogP contribution in [0.4, 0.5) is 0 Å². The molecule has 0 aromatic carbocycles. The van der Waals surface area contributed by atoms with Gasteiger partial charge in [-0.3, -0.25) is 0 Å². The van der Waals surface area contributed by atoms with E-state index < -0.39 is 0 Å². The summed E-state index contributed by atoms with van der Waals surface area (Å²) in [5.41, 5.74) is 2.70. The van der Waals surface area contributed by atoms with Crippen molar-refractivity contribution in [2.45, 2.75) is 45.4 Å². The second-order valence-corrected chi connectivity index (χ2v) is 8.49. The zero-order chi connectivity index (χ0) is 9.63. The van der Waals surface area contributed by atoms with E-state index in [0.29, 0.717) is 0 Å². The van der Waals surface area contributed by atoms with Crippen LogP contribution >= 0.6 is 0 Å². The molecule has 8 atom stereocenters. The van der Waals surface area contributed by atoms with Crippen molar-refractivity contribution < 1.29 is 0 Å². The zero-order valence-corrected chi connectivity index (χ0v) is 9.63. The predicted octanol–water partition coefficient (Wildman–Crippen LogP) is 3.47. The van der Waals surface area contributed by atoms with Crippen molar-refractivity contribution in [2.24, 2.45) is 45.8 Å². The molecule has 2 spiro atoms. The number of hydrogen-bond acceptors (Lipinski definition) is 0. The monoisotopic (exact) mass is 200 g/mol. The van der Waals surface area contributed by atoms with E-state index in [1.807, 2.05) is 0 Å². The summed E-state index contributed by atoms with van der Waals surface area (Å²) >= 11 is 0. The smallest absolute Gasteiger partial charge is 0.0222 e. The second kappa shape index (κ2) is 1.56. The molecule has 0 heteroatoms. The van der Waals surface area contributed by atoms with Crippen molar-refractivity contribution in [2.75, 3.05) is 0 Å². The quantitative estimate of drug-likeness (QED) is 0.561. The molecule has 7 aliphatic carbocycles. The second-order valence-electron chi connectivity index (χ2n) is 8.49. The van der Waals surface area contributed by atoms with Crippen LogP contribution in [-0.4, -0.2) is 0 Å². The van der Waals surface area contributed by atoms with Crippen LogP contribution in [0, 0.1) is 45.8 Å². The Morgan fingerprint density at radius 2 is 1.87 bits per heavy atom. The summed E-state index contributed by atoms with van der Waals surface area (Å²) in [6.07, 6.45) is 10.0. The minimum absolute atomic E-state index is 0.850. The van der Waals surface area contributed by atoms with Crippen LogP contribution in [0.1, 0.15) is 45.4 Å². The minimum atomic E-state index is 0.850. The lowest BCUT2D eigenvalue weighted by Gasteiger charge is -2.76. The van der Waals surface area contributed by atoms with E-state index in [-0.39, 0.29) is 0 Å². The fraction of sp³-hybridized carbons (Fsp3) is 1.00. The maximum absolute atomic E-state index is 2.68. The lowest BCUT2D eigenvalue weighted by Crippen LogP contribution is -2.70. The van der Waals surface area contributed by atoms with E-state index in [1.54, 1.807) is 38.5 Å². The van der Waals surface area contributed by atoms with Gasteiger partial charge in [-0.2, -0.15) is 0 Å². The van der Waals surface area contributed by atoms with Crippen molar-refractivity contribution in [3.63, 3.8) is 0 Å². The molecule has 15 heavy (non-hydrogen) atoms. The first kappa shape index (κ1) is 7.35. The molecule has 0 aromatic rings. The van der Waals surface area contributed by atoms with Gasteiger partial charge in [-0.15, -0.1) is 0 Å². The SMILES string of the molecule is CC12CC34CC5CC6(CC(CC53)C16)C2C4. The van der Waals surface area contributed by atoms with Crippen LogP contribution in [0.25, 0.3) is 0 Å². The Hall–Kier alpha value is 0. The molecule has 7 fully saturated rings. The van der Waals surface area contributed by atoms with Crippen LogP contribution in [0.15, 0.2) is 0 Å². The Bertz CT molecular complexity index is 402. The first-order valence-electron chi connectivity index (χ1n) is 7.18. The average Bonchev–Trinajstić information content (AvgIpc) is 2.29. The molecule has 8 unspecified atom stereocenters. The maximum atomic E-state index is 2.68. The topological polar surface area (TPSA) is 0 Å². The van der Waals surface area contributed by atoms with Gasteiger partial charge in [-0.1, -0.05) is 6.92 Å². The Kier molecular flexibility index (Phi) is 0.762. The largest absolute Gasteiger partial charge is 0.0590 e. The third kappa shape index (κ3) is 0.436. The Labute approximate surface area is 91.8 Å². The van der Waals surface area contributed by atoms with E-state index in [0.717, 1.165) is 16.2 Å². The molecule has 0 radical (unpaired) electrons. The highest BCUT2D eigenvalue weighted by atomic mass is 14.9. The van der Waals surface area contributed by atoms with Gasteiger partial charge in [0.05, 0.1) is 0 Å². The molecular formula is C15H20. The molecule has 7 rings (SSSR count). The normalized spacial score (nSPS) is 84.2. The van der Waals surface area contributed by atoms with E-state index in [9.17, 15) is 0 Å². The average molecular weight is 200 g/mol. The lowest BCUT2D eigenvalue weighted by atomic mass is 9.28. The van der Waals surface area contributed by atoms with Crippen molar-refractivity contribution in [1.29, 1.82) is 0 Å². The fourth-order valence-corrected chi connectivity index (χ4v) is 8.92. The van der Waals surface area contributed by atoms with E-state index in [2.05, 4.69) is 6.92 Å². The molecule has 80 valence electrons. The molecular weight excluding hydrogens is 180 g/mol. The lowest BCUT2D eigenvalue weighted by molar-refractivity contribution is -0.282. The van der Waals surface area contributed by atoms with Gasteiger partial charge >= 0.3 is 0 Å². The van der Waals surface area contributed by atoms with Gasteiger partial charge in [0.1, 0.15) is 0 Å². The molecule has 7 aliphatic rings. The number of rotatable bonds is 0. The van der Waals surface area contributed by atoms with E-state index >= 15 is 0 Å². The summed E-state index contributed by atoms with van der Waals surface area (Å²) in [5.74, 6) is 6.02. The van der Waals surface area contributed by atoms with Crippen LogP contribution in [0.5, 0.6) is 0 Å². The van der Waals surface area contributed by atoms with Crippen molar-refractivity contribution in [1.82, 2.24) is 0 Å². The maximum Gasteiger partial charge on any atom is -0.0222 e. The summed E-state index contributed by atoms with van der Waals surface area (Å²) in [4.78, 5) is 0. The minimum Gasteiger partial charge on any atom is -0.0590 e. The third-order valence-electron chi connectivity index (χ3n) is 8.50. The first-order valence-corrected chi connectivity index (χ1v) is 7.18. The third-order valence-corrected chi connectivity index (χ3v) is 8.50. The molecule has 0 saturated heterocycles. The highest BCUT2D eigenvalue weighted by Gasteiger charge is 2.86. The van der Waals surface area contributed by atoms with Gasteiger partial charge in [-0.05, 0) is 84.4 Å². The van der Waals surface area contributed by atoms with Gasteiger partial charge in [-0.25, -0.2) is 0 Å². The van der Waals surface area contributed by atoms with Crippen LogP contribution in [0.2, 0.25) is 0 Å². The van der Waals surface area contributed by atoms with Crippen molar-refractivity contribution in [3.8, 4) is 0 Å². The molecule has 0 aromatic heterocycles. The Morgan fingerprint density at radius 3 is 2.80 bits per heavy atom. The summed E-state index contributed by atoms with van der Waals surface area (Å²) in [6, 6.07) is 0. The molecule has 0 heterocycles. The highest BCUT2D eigenvalue weighted by Crippen LogP contribution is 2.93. The first-order chi connectivity index (χ1) is 7.18. The molecule has 0 N–H and O–H groups in total. The van der Waals surface area contributed by atoms with E-state index in [4.69, 9.17) is 0 Å². The molecule has 0 aliphatic heterocycles. The Morgan fingerprint density at radius 1 is 1.00 bits per heavy atom. The standard InChI is InChI=1S/C15H20/c1-13-7-14-3-9-5-15(11(13)6-14)4-8(12(13)15)2-10(9)14/h8-12H,2-7H2,1H3. The zero-order valence-electron chi connectivity index (χ0n) is 9.63. The molecule has 7 saturated carbocycles. The highest BCUT2D eigenvalue weighted by molar-refractivity contribution is 5.35. The number of hydrogen-bond donors (Lipinski definition) is 0. The summed E-state index contributed by atoms with van der Waals surface area (Å²) in [7, 11) is 0. The molecule has 7 bridgehead atoms. The predicted molar refractivity (Wildman–Crippen MR) is 58.1 cm³/mol. The van der Waals surface area contributed by atoms with Gasteiger partial charge < -0.3 is 0 Å². The van der Waals surface area contributed by atoms with Gasteiger partial charge in [0, 0.05) is 0 Å². The fourth-order valence-electron chi connectivity index (χ4n) is 8.92. The van der Waals surface area contributed by atoms with Crippen molar-refractivity contribution >= 4 is 0 Å². The summed E-state index contributed by atoms with van der Waals surface area (Å²) < 4.78 is 0. The summed E-state index contributed by atoms with van der Waals surface area (Å²) in [5, 5.41) is 0. The van der Waals surface area contributed by atoms with Gasteiger partial charge in [0.25, 0.3) is 0 Å². The van der Waals surface area contributed by atoms with Gasteiger partial charge in [0.2, 0.25) is 0 Å². The van der Waals surface area contributed by atoms with Crippen LogP contribution in [0.3, 0.4) is 0 Å². The molecule has 0 amide bonds. The van der Waals surface area contributed by atoms with E-state index in [1.165, 1.54) is 29.6 Å². The Balaban J connectivity index is 1.72. The van der Waals surface area contributed by atoms with Crippen molar-refractivity contribution in [3.05, 3.63) is 0 Å². The van der Waals surface area contributed by atoms with Crippen LogP contribution in [-0.2, 0) is 0 Å². The summed E-state index contributed by atoms with van der Waals surface area (Å²) in [6.45, 7) is 2.68. The van der Waals surface area contributed by atoms with Gasteiger partial charge in [0.15, 0.2) is 0 Å². The van der Waals surface area contributed by atoms with Crippen LogP contribution < -0.4 is 0 Å².